The van der Waals surface area contributed by atoms with Crippen molar-refractivity contribution in [2.75, 3.05) is 0 Å². The second kappa shape index (κ2) is 8.52. The monoisotopic (exact) mass is 481 g/mol. The largest absolute Gasteiger partial charge is 0.421 e. The molecule has 0 atom stereocenters. The van der Waals surface area contributed by atoms with Crippen molar-refractivity contribution in [2.24, 2.45) is 0 Å². The highest BCUT2D eigenvalue weighted by atomic mass is 35.5. The molecule has 31 heavy (non-hydrogen) atoms. The third kappa shape index (κ3) is 4.27. The maximum atomic E-state index is 12.5. The second-order valence-corrected chi connectivity index (χ2v) is 9.58. The van der Waals surface area contributed by atoms with Crippen molar-refractivity contribution < 1.29 is 4.42 Å². The smallest absolute Gasteiger partial charge is 0.346 e. The fraction of sp³-hybridized carbons (Fsp3) is 0. The molecule has 0 spiro atoms. The van der Waals surface area contributed by atoms with Gasteiger partial charge in [0.1, 0.15) is 5.01 Å². The van der Waals surface area contributed by atoms with Crippen molar-refractivity contribution in [1.82, 2.24) is 4.98 Å². The Kier molecular flexibility index (Phi) is 5.59. The van der Waals surface area contributed by atoms with Crippen LogP contribution in [-0.2, 0) is 0 Å². The van der Waals surface area contributed by atoms with Crippen LogP contribution in [0.5, 0.6) is 0 Å². The lowest BCUT2D eigenvalue weighted by molar-refractivity contribution is 0.563. The topological polar surface area (TPSA) is 43.1 Å². The Hall–Kier alpha value is -2.57. The fourth-order valence-corrected chi connectivity index (χ4v) is 5.37. The molecule has 0 unspecified atom stereocenters. The van der Waals surface area contributed by atoms with Crippen LogP contribution in [-0.4, -0.2) is 4.98 Å². The van der Waals surface area contributed by atoms with E-state index in [0.29, 0.717) is 31.6 Å². The van der Waals surface area contributed by atoms with Crippen LogP contribution in [0, 0.1) is 0 Å². The van der Waals surface area contributed by atoms with E-state index in [1.54, 1.807) is 30.0 Å². The molecule has 0 amide bonds. The summed E-state index contributed by atoms with van der Waals surface area (Å²) in [5.41, 5.74) is 2.02. The average Bonchev–Trinajstić information content (AvgIpc) is 3.25. The van der Waals surface area contributed by atoms with Gasteiger partial charge in [-0.1, -0.05) is 65.3 Å². The molecule has 0 radical (unpaired) electrons. The Morgan fingerprint density at radius 1 is 0.903 bits per heavy atom. The first kappa shape index (κ1) is 20.3. The van der Waals surface area contributed by atoms with Crippen molar-refractivity contribution in [3.63, 3.8) is 0 Å². The van der Waals surface area contributed by atoms with Crippen LogP contribution in [0.25, 0.3) is 32.8 Å². The molecule has 3 nitrogen and oxygen atoms in total. The highest BCUT2D eigenvalue weighted by Crippen LogP contribution is 2.33. The molecule has 152 valence electrons. The number of thiazole rings is 1. The number of aromatic nitrogens is 1. The molecule has 2 aromatic heterocycles. The maximum Gasteiger partial charge on any atom is 0.346 e. The summed E-state index contributed by atoms with van der Waals surface area (Å²) in [7, 11) is 0. The molecule has 0 aliphatic heterocycles. The van der Waals surface area contributed by atoms with Crippen LogP contribution in [0.4, 0.5) is 0 Å². The van der Waals surface area contributed by atoms with Gasteiger partial charge in [-0.05, 0) is 42.5 Å². The van der Waals surface area contributed by atoms with E-state index in [0.717, 1.165) is 16.2 Å². The van der Waals surface area contributed by atoms with Gasteiger partial charge in [0, 0.05) is 31.1 Å². The zero-order chi connectivity index (χ0) is 21.4. The van der Waals surface area contributed by atoms with Gasteiger partial charge in [0.25, 0.3) is 0 Å². The number of halogens is 2. The van der Waals surface area contributed by atoms with E-state index in [2.05, 4.69) is 29.2 Å². The first-order valence-corrected chi connectivity index (χ1v) is 11.7. The molecule has 5 aromatic rings. The molecule has 0 aliphatic carbocycles. The third-order valence-electron chi connectivity index (χ3n) is 4.62. The summed E-state index contributed by atoms with van der Waals surface area (Å²) in [6.45, 7) is 0. The van der Waals surface area contributed by atoms with Gasteiger partial charge in [0.2, 0.25) is 0 Å². The molecule has 0 aliphatic rings. The minimum absolute atomic E-state index is 0.305. The van der Waals surface area contributed by atoms with E-state index in [1.807, 2.05) is 35.7 Å². The van der Waals surface area contributed by atoms with E-state index in [-0.39, 0.29) is 0 Å². The van der Waals surface area contributed by atoms with Gasteiger partial charge in [-0.15, -0.1) is 11.3 Å². The van der Waals surface area contributed by atoms with Crippen molar-refractivity contribution in [3.8, 4) is 21.8 Å². The SMILES string of the molecule is O=c1oc2c(Cl)cc(Cl)cc2cc1-c1nc(-c2ccc(Sc3ccccc3)cc2)cs1. The fourth-order valence-electron chi connectivity index (χ4n) is 3.15. The van der Waals surface area contributed by atoms with Crippen LogP contribution < -0.4 is 5.63 Å². The van der Waals surface area contributed by atoms with Gasteiger partial charge in [0.15, 0.2) is 5.58 Å². The van der Waals surface area contributed by atoms with Crippen molar-refractivity contribution in [1.29, 1.82) is 0 Å². The molecule has 0 saturated carbocycles. The average molecular weight is 482 g/mol. The van der Waals surface area contributed by atoms with Crippen LogP contribution >= 0.6 is 46.3 Å². The predicted molar refractivity (Wildman–Crippen MR) is 130 cm³/mol. The minimum Gasteiger partial charge on any atom is -0.421 e. The van der Waals surface area contributed by atoms with Crippen LogP contribution in [0.1, 0.15) is 0 Å². The number of benzene rings is 3. The Balaban J connectivity index is 1.45. The normalized spacial score (nSPS) is 11.2. The van der Waals surface area contributed by atoms with Crippen LogP contribution in [0.2, 0.25) is 10.0 Å². The highest BCUT2D eigenvalue weighted by Gasteiger charge is 2.15. The molecular formula is C24H13Cl2NO2S2. The summed E-state index contributed by atoms with van der Waals surface area (Å²) >= 11 is 15.3. The molecule has 7 heteroatoms. The second-order valence-electron chi connectivity index (χ2n) is 6.73. The highest BCUT2D eigenvalue weighted by molar-refractivity contribution is 7.99. The Labute approximate surface area is 196 Å². The van der Waals surface area contributed by atoms with E-state index in [9.17, 15) is 4.79 Å². The predicted octanol–water partition coefficient (Wildman–Crippen LogP) is 8.04. The van der Waals surface area contributed by atoms with Gasteiger partial charge in [0.05, 0.1) is 16.3 Å². The summed E-state index contributed by atoms with van der Waals surface area (Å²) in [5, 5.41) is 3.96. The molecule has 2 heterocycles. The summed E-state index contributed by atoms with van der Waals surface area (Å²) in [6.07, 6.45) is 0. The number of nitrogens with zero attached hydrogens (tertiary/aromatic N) is 1. The number of hydrogen-bond donors (Lipinski definition) is 0. The first-order valence-electron chi connectivity index (χ1n) is 9.29. The molecule has 0 N–H and O–H groups in total. The molecule has 0 saturated heterocycles. The van der Waals surface area contributed by atoms with Gasteiger partial charge < -0.3 is 4.42 Å². The molecule has 0 fully saturated rings. The van der Waals surface area contributed by atoms with Gasteiger partial charge in [-0.25, -0.2) is 9.78 Å². The Bertz CT molecular complexity index is 1440. The minimum atomic E-state index is -0.479. The summed E-state index contributed by atoms with van der Waals surface area (Å²) in [6, 6.07) is 23.4. The van der Waals surface area contributed by atoms with E-state index in [1.165, 1.54) is 16.2 Å². The van der Waals surface area contributed by atoms with Gasteiger partial charge in [-0.3, -0.25) is 0 Å². The summed E-state index contributed by atoms with van der Waals surface area (Å²) in [4.78, 5) is 19.5. The molecular weight excluding hydrogens is 469 g/mol. The first-order chi connectivity index (χ1) is 15.1. The maximum absolute atomic E-state index is 12.5. The lowest BCUT2D eigenvalue weighted by atomic mass is 10.1. The zero-order valence-corrected chi connectivity index (χ0v) is 19.0. The van der Waals surface area contributed by atoms with Gasteiger partial charge in [-0.2, -0.15) is 0 Å². The van der Waals surface area contributed by atoms with Crippen molar-refractivity contribution >= 4 is 57.3 Å². The molecule has 5 rings (SSSR count). The van der Waals surface area contributed by atoms with E-state index < -0.39 is 5.63 Å². The Morgan fingerprint density at radius 2 is 1.65 bits per heavy atom. The summed E-state index contributed by atoms with van der Waals surface area (Å²) in [5.74, 6) is 0. The zero-order valence-electron chi connectivity index (χ0n) is 15.8. The van der Waals surface area contributed by atoms with Crippen LogP contribution in [0.3, 0.4) is 0 Å². The van der Waals surface area contributed by atoms with Crippen molar-refractivity contribution in [2.45, 2.75) is 9.79 Å². The lowest BCUT2D eigenvalue weighted by Gasteiger charge is -2.03. The number of fused-ring (bicyclic) bond motifs is 1. The van der Waals surface area contributed by atoms with E-state index >= 15 is 0 Å². The number of rotatable bonds is 4. The summed E-state index contributed by atoms with van der Waals surface area (Å²) < 4.78 is 5.44. The third-order valence-corrected chi connectivity index (χ3v) is 7.01. The number of hydrogen-bond acceptors (Lipinski definition) is 5. The lowest BCUT2D eigenvalue weighted by Crippen LogP contribution is -2.02. The Morgan fingerprint density at radius 3 is 2.42 bits per heavy atom. The molecule has 3 aromatic carbocycles. The van der Waals surface area contributed by atoms with Crippen LogP contribution in [0.15, 0.2) is 97.2 Å². The van der Waals surface area contributed by atoms with Gasteiger partial charge >= 0.3 is 5.63 Å². The van der Waals surface area contributed by atoms with E-state index in [4.69, 9.17) is 27.6 Å². The quantitative estimate of drug-likeness (QED) is 0.243. The van der Waals surface area contributed by atoms with Crippen molar-refractivity contribution in [3.05, 3.63) is 98.6 Å². The molecule has 0 bridgehead atoms. The standard InChI is InChI=1S/C24H13Cl2NO2S2/c25-16-10-15-11-19(24(28)29-22(15)20(26)12-16)23-27-21(13-30-23)14-6-8-18(9-7-14)31-17-4-2-1-3-5-17/h1-13H.